The van der Waals surface area contributed by atoms with E-state index in [2.05, 4.69) is 31.2 Å². The average molecular weight is 306 g/mol. The zero-order chi connectivity index (χ0) is 13.1. The van der Waals surface area contributed by atoms with Crippen molar-refractivity contribution in [1.82, 2.24) is 9.97 Å². The molecule has 18 heavy (non-hydrogen) atoms. The number of anilines is 1. The largest absolute Gasteiger partial charge is 0.322 e. The van der Waals surface area contributed by atoms with E-state index in [9.17, 15) is 4.79 Å². The van der Waals surface area contributed by atoms with Gasteiger partial charge in [0.15, 0.2) is 0 Å². The Morgan fingerprint density at radius 2 is 1.89 bits per heavy atom. The highest BCUT2D eigenvalue weighted by molar-refractivity contribution is 9.10. The van der Waals surface area contributed by atoms with E-state index in [-0.39, 0.29) is 5.91 Å². The van der Waals surface area contributed by atoms with Gasteiger partial charge in [-0.1, -0.05) is 22.0 Å². The van der Waals surface area contributed by atoms with Crippen LogP contribution in [0.1, 0.15) is 21.7 Å². The minimum atomic E-state index is -0.191. The van der Waals surface area contributed by atoms with Gasteiger partial charge in [0.25, 0.3) is 5.91 Å². The minimum absolute atomic E-state index is 0.191. The quantitative estimate of drug-likeness (QED) is 0.927. The molecule has 0 unspecified atom stereocenters. The van der Waals surface area contributed by atoms with E-state index in [1.165, 1.54) is 6.33 Å². The summed E-state index contributed by atoms with van der Waals surface area (Å²) in [6.07, 6.45) is 1.46. The van der Waals surface area contributed by atoms with E-state index >= 15 is 0 Å². The van der Waals surface area contributed by atoms with Crippen molar-refractivity contribution in [2.24, 2.45) is 0 Å². The van der Waals surface area contributed by atoms with E-state index < -0.39 is 0 Å². The zero-order valence-corrected chi connectivity index (χ0v) is 11.7. The van der Waals surface area contributed by atoms with Crippen LogP contribution in [0.15, 0.2) is 35.1 Å². The highest BCUT2D eigenvalue weighted by atomic mass is 79.9. The summed E-state index contributed by atoms with van der Waals surface area (Å²) in [7, 11) is 0. The molecule has 0 radical (unpaired) electrons. The molecule has 4 nitrogen and oxygen atoms in total. The maximum atomic E-state index is 12.2. The van der Waals surface area contributed by atoms with Gasteiger partial charge in [-0.2, -0.15) is 0 Å². The normalized spacial score (nSPS) is 10.2. The zero-order valence-electron chi connectivity index (χ0n) is 10.1. The first-order valence-electron chi connectivity index (χ1n) is 5.43. The van der Waals surface area contributed by atoms with Crippen molar-refractivity contribution in [1.29, 1.82) is 0 Å². The van der Waals surface area contributed by atoms with Crippen molar-refractivity contribution in [3.8, 4) is 0 Å². The second-order valence-electron chi connectivity index (χ2n) is 3.88. The van der Waals surface area contributed by atoms with Gasteiger partial charge in [0.2, 0.25) is 0 Å². The summed E-state index contributed by atoms with van der Waals surface area (Å²) in [5, 5.41) is 2.83. The number of aryl methyl sites for hydroxylation is 2. The Hall–Kier alpha value is -1.75. The molecule has 1 aromatic carbocycles. The van der Waals surface area contributed by atoms with Crippen LogP contribution in [0, 0.1) is 13.8 Å². The molecule has 0 saturated heterocycles. The number of nitrogens with one attached hydrogen (secondary N) is 1. The highest BCUT2D eigenvalue weighted by Crippen LogP contribution is 2.17. The summed E-state index contributed by atoms with van der Waals surface area (Å²) >= 11 is 3.36. The first kappa shape index (κ1) is 12.7. The summed E-state index contributed by atoms with van der Waals surface area (Å²) in [4.78, 5) is 20.2. The first-order valence-corrected chi connectivity index (χ1v) is 6.22. The fourth-order valence-corrected chi connectivity index (χ4v) is 2.08. The van der Waals surface area contributed by atoms with Gasteiger partial charge in [-0.3, -0.25) is 4.79 Å². The molecule has 1 amide bonds. The standard InChI is InChI=1S/C13H12BrN3O/c1-8-12(9(2)16-7-15-8)13(18)17-11-5-3-4-10(14)6-11/h3-7H,1-2H3,(H,17,18). The van der Waals surface area contributed by atoms with E-state index in [4.69, 9.17) is 0 Å². The van der Waals surface area contributed by atoms with E-state index in [1.54, 1.807) is 13.8 Å². The topological polar surface area (TPSA) is 54.9 Å². The second-order valence-corrected chi connectivity index (χ2v) is 4.80. The van der Waals surface area contributed by atoms with Gasteiger partial charge in [-0.15, -0.1) is 0 Å². The lowest BCUT2D eigenvalue weighted by Crippen LogP contribution is -2.16. The van der Waals surface area contributed by atoms with Gasteiger partial charge < -0.3 is 5.32 Å². The van der Waals surface area contributed by atoms with Gasteiger partial charge in [-0.05, 0) is 32.0 Å². The molecule has 1 aromatic heterocycles. The lowest BCUT2D eigenvalue weighted by atomic mass is 10.1. The minimum Gasteiger partial charge on any atom is -0.322 e. The van der Waals surface area contributed by atoms with Crippen LogP contribution in [0.25, 0.3) is 0 Å². The third-order valence-corrected chi connectivity index (χ3v) is 3.03. The van der Waals surface area contributed by atoms with Gasteiger partial charge in [0.05, 0.1) is 17.0 Å². The van der Waals surface area contributed by atoms with Crippen LogP contribution >= 0.6 is 15.9 Å². The molecule has 0 aliphatic carbocycles. The van der Waals surface area contributed by atoms with E-state index in [1.807, 2.05) is 24.3 Å². The third-order valence-electron chi connectivity index (χ3n) is 2.54. The number of carbonyl (C=O) groups excluding carboxylic acids is 1. The van der Waals surface area contributed by atoms with Crippen LogP contribution in [0.3, 0.4) is 0 Å². The van der Waals surface area contributed by atoms with Gasteiger partial charge >= 0.3 is 0 Å². The van der Waals surface area contributed by atoms with Crippen LogP contribution < -0.4 is 5.32 Å². The predicted octanol–water partition coefficient (Wildman–Crippen LogP) is 3.11. The van der Waals surface area contributed by atoms with Crippen LogP contribution in [0.4, 0.5) is 5.69 Å². The molecule has 0 saturated carbocycles. The monoisotopic (exact) mass is 305 g/mol. The molecule has 1 N–H and O–H groups in total. The van der Waals surface area contributed by atoms with E-state index in [0.29, 0.717) is 17.0 Å². The van der Waals surface area contributed by atoms with Crippen molar-refractivity contribution < 1.29 is 4.79 Å². The number of hydrogen-bond donors (Lipinski definition) is 1. The van der Waals surface area contributed by atoms with Crippen LogP contribution in [-0.4, -0.2) is 15.9 Å². The highest BCUT2D eigenvalue weighted by Gasteiger charge is 2.14. The smallest absolute Gasteiger partial charge is 0.259 e. The summed E-state index contributed by atoms with van der Waals surface area (Å²) in [6, 6.07) is 7.43. The van der Waals surface area contributed by atoms with Crippen molar-refractivity contribution in [3.05, 3.63) is 52.0 Å². The van der Waals surface area contributed by atoms with Crippen LogP contribution in [0.5, 0.6) is 0 Å². The number of aromatic nitrogens is 2. The Labute approximate surface area is 114 Å². The van der Waals surface area contributed by atoms with Crippen molar-refractivity contribution in [2.75, 3.05) is 5.32 Å². The first-order chi connectivity index (χ1) is 8.58. The molecule has 0 fully saturated rings. The Balaban J connectivity index is 2.28. The number of amides is 1. The molecular weight excluding hydrogens is 294 g/mol. The molecular formula is C13H12BrN3O. The molecule has 5 heteroatoms. The van der Waals surface area contributed by atoms with Gasteiger partial charge in [0, 0.05) is 10.2 Å². The number of carbonyl (C=O) groups is 1. The maximum Gasteiger partial charge on any atom is 0.259 e. The molecule has 2 aromatic rings. The number of nitrogens with zero attached hydrogens (tertiary/aromatic N) is 2. The molecule has 92 valence electrons. The fourth-order valence-electron chi connectivity index (χ4n) is 1.68. The van der Waals surface area contributed by atoms with Crippen LogP contribution in [0.2, 0.25) is 0 Å². The van der Waals surface area contributed by atoms with Crippen molar-refractivity contribution in [3.63, 3.8) is 0 Å². The third kappa shape index (κ3) is 2.73. The number of benzene rings is 1. The number of hydrogen-bond acceptors (Lipinski definition) is 3. The molecule has 0 spiro atoms. The Morgan fingerprint density at radius 1 is 1.22 bits per heavy atom. The lowest BCUT2D eigenvalue weighted by Gasteiger charge is -2.09. The molecule has 0 aliphatic heterocycles. The van der Waals surface area contributed by atoms with Crippen molar-refractivity contribution in [2.45, 2.75) is 13.8 Å². The number of rotatable bonds is 2. The predicted molar refractivity (Wildman–Crippen MR) is 73.6 cm³/mol. The summed E-state index contributed by atoms with van der Waals surface area (Å²) in [5.74, 6) is -0.191. The molecule has 0 bridgehead atoms. The SMILES string of the molecule is Cc1ncnc(C)c1C(=O)Nc1cccc(Br)c1. The lowest BCUT2D eigenvalue weighted by molar-refractivity contribution is 0.102. The molecule has 0 aliphatic rings. The Morgan fingerprint density at radius 3 is 2.50 bits per heavy atom. The van der Waals surface area contributed by atoms with E-state index in [0.717, 1.165) is 10.2 Å². The summed E-state index contributed by atoms with van der Waals surface area (Å²) < 4.78 is 0.915. The fraction of sp³-hybridized carbons (Fsp3) is 0.154. The second kappa shape index (κ2) is 5.27. The maximum absolute atomic E-state index is 12.2. The molecule has 2 rings (SSSR count). The summed E-state index contributed by atoms with van der Waals surface area (Å²) in [6.45, 7) is 3.59. The van der Waals surface area contributed by atoms with Crippen LogP contribution in [-0.2, 0) is 0 Å². The van der Waals surface area contributed by atoms with Gasteiger partial charge in [-0.25, -0.2) is 9.97 Å². The molecule has 0 atom stereocenters. The van der Waals surface area contributed by atoms with Gasteiger partial charge in [0.1, 0.15) is 6.33 Å². The molecule has 1 heterocycles. The average Bonchev–Trinajstić information content (AvgIpc) is 2.28. The number of halogens is 1. The summed E-state index contributed by atoms with van der Waals surface area (Å²) in [5.41, 5.74) is 2.61. The Kier molecular flexibility index (Phi) is 3.72. The van der Waals surface area contributed by atoms with Crippen molar-refractivity contribution >= 4 is 27.5 Å². The Bertz CT molecular complexity index is 578.